The number of piperazine rings is 1. The molecule has 3 rings (SSSR count). The Balaban J connectivity index is 1.64. The van der Waals surface area contributed by atoms with E-state index in [0.29, 0.717) is 19.5 Å². The van der Waals surface area contributed by atoms with Crippen LogP contribution in [0, 0.1) is 0 Å². The molecule has 3 N–H and O–H groups in total. The Morgan fingerprint density at radius 3 is 3.00 bits per heavy atom. The first-order chi connectivity index (χ1) is 11.2. The number of aromatic nitrogens is 2. The predicted octanol–water partition coefficient (Wildman–Crippen LogP) is 0.205. The Labute approximate surface area is 133 Å². The second kappa shape index (κ2) is 6.78. The van der Waals surface area contributed by atoms with Crippen LogP contribution in [0.25, 0.3) is 11.0 Å². The number of para-hydroxylation sites is 2. The fraction of sp³-hybridized carbons (Fsp3) is 0.438. The molecule has 1 atom stereocenters. The van der Waals surface area contributed by atoms with Gasteiger partial charge in [0.15, 0.2) is 0 Å². The van der Waals surface area contributed by atoms with Crippen molar-refractivity contribution < 1.29 is 14.7 Å². The zero-order chi connectivity index (χ0) is 16.2. The highest BCUT2D eigenvalue weighted by molar-refractivity contribution is 5.88. The molecule has 1 fully saturated rings. The summed E-state index contributed by atoms with van der Waals surface area (Å²) in [6, 6.07) is 7.14. The number of aliphatic hydroxyl groups is 1. The Morgan fingerprint density at radius 2 is 2.22 bits per heavy atom. The lowest BCUT2D eigenvalue weighted by Gasteiger charge is -2.34. The van der Waals surface area contributed by atoms with E-state index in [2.05, 4.69) is 15.3 Å². The first-order valence-corrected chi connectivity index (χ1v) is 7.80. The number of carbonyl (C=O) groups is 2. The molecule has 2 heterocycles. The number of carbonyl (C=O) groups excluding carboxylic acids is 2. The van der Waals surface area contributed by atoms with E-state index in [1.165, 1.54) is 0 Å². The van der Waals surface area contributed by atoms with Crippen molar-refractivity contribution in [3.8, 4) is 0 Å². The summed E-state index contributed by atoms with van der Waals surface area (Å²) in [5, 5.41) is 11.8. The van der Waals surface area contributed by atoms with Gasteiger partial charge in [-0.05, 0) is 18.6 Å². The number of fused-ring (bicyclic) bond motifs is 1. The fourth-order valence-corrected chi connectivity index (χ4v) is 2.92. The van der Waals surface area contributed by atoms with E-state index < -0.39 is 6.04 Å². The highest BCUT2D eigenvalue weighted by atomic mass is 16.3. The lowest BCUT2D eigenvalue weighted by atomic mass is 10.1. The van der Waals surface area contributed by atoms with Crippen LogP contribution < -0.4 is 5.32 Å². The van der Waals surface area contributed by atoms with Gasteiger partial charge in [-0.15, -0.1) is 0 Å². The third kappa shape index (κ3) is 3.34. The number of rotatable bonds is 5. The van der Waals surface area contributed by atoms with Crippen LogP contribution in [0.3, 0.4) is 0 Å². The van der Waals surface area contributed by atoms with Gasteiger partial charge in [-0.2, -0.15) is 0 Å². The van der Waals surface area contributed by atoms with Crippen LogP contribution in [0.15, 0.2) is 24.3 Å². The Morgan fingerprint density at radius 1 is 1.39 bits per heavy atom. The van der Waals surface area contributed by atoms with Crippen LogP contribution in [0.1, 0.15) is 18.7 Å². The average molecular weight is 316 g/mol. The van der Waals surface area contributed by atoms with E-state index in [0.717, 1.165) is 16.9 Å². The van der Waals surface area contributed by atoms with Gasteiger partial charge in [0.05, 0.1) is 11.0 Å². The number of nitrogens with zero attached hydrogens (tertiary/aromatic N) is 2. The van der Waals surface area contributed by atoms with Crippen LogP contribution in [-0.2, 0) is 16.0 Å². The molecule has 0 spiro atoms. The highest BCUT2D eigenvalue weighted by Crippen LogP contribution is 2.14. The summed E-state index contributed by atoms with van der Waals surface area (Å²) >= 11 is 0. The number of amides is 2. The minimum Gasteiger partial charge on any atom is -0.396 e. The van der Waals surface area contributed by atoms with Gasteiger partial charge >= 0.3 is 0 Å². The maximum atomic E-state index is 12.4. The van der Waals surface area contributed by atoms with Crippen molar-refractivity contribution in [2.45, 2.75) is 25.3 Å². The molecule has 122 valence electrons. The summed E-state index contributed by atoms with van der Waals surface area (Å²) < 4.78 is 0. The number of aromatic amines is 1. The second-order valence-electron chi connectivity index (χ2n) is 5.61. The fourth-order valence-electron chi connectivity index (χ4n) is 2.92. The lowest BCUT2D eigenvalue weighted by molar-refractivity contribution is -0.143. The number of nitrogens with one attached hydrogen (secondary N) is 2. The van der Waals surface area contributed by atoms with Crippen molar-refractivity contribution in [2.24, 2.45) is 0 Å². The van der Waals surface area contributed by atoms with Crippen molar-refractivity contribution in [3.63, 3.8) is 0 Å². The number of H-pyrrole nitrogens is 1. The summed E-state index contributed by atoms with van der Waals surface area (Å²) in [6.45, 7) is 0.817. The third-order valence-electron chi connectivity index (χ3n) is 4.07. The maximum absolute atomic E-state index is 12.4. The van der Waals surface area contributed by atoms with Crippen LogP contribution in [-0.4, -0.2) is 57.5 Å². The molecule has 7 nitrogen and oxygen atoms in total. The molecular formula is C16H20N4O3. The monoisotopic (exact) mass is 316 g/mol. The largest absolute Gasteiger partial charge is 0.396 e. The van der Waals surface area contributed by atoms with E-state index >= 15 is 0 Å². The van der Waals surface area contributed by atoms with Crippen LogP contribution in [0.2, 0.25) is 0 Å². The molecule has 2 aromatic rings. The first-order valence-electron chi connectivity index (χ1n) is 7.80. The van der Waals surface area contributed by atoms with Gasteiger partial charge in [0.2, 0.25) is 11.8 Å². The topological polar surface area (TPSA) is 98.3 Å². The third-order valence-corrected chi connectivity index (χ3v) is 4.07. The van der Waals surface area contributed by atoms with Gasteiger partial charge in [0.1, 0.15) is 11.9 Å². The predicted molar refractivity (Wildman–Crippen MR) is 84.6 cm³/mol. The van der Waals surface area contributed by atoms with E-state index in [4.69, 9.17) is 5.11 Å². The standard InChI is InChI=1S/C16H20N4O3/c21-10-7-13-16(23)17-8-9-20(13)15(22)6-5-14-18-11-3-1-2-4-12(11)19-14/h1-4,13,21H,5-10H2,(H,17,23)(H,18,19)/t13-/m1/s1. The number of aryl methyl sites for hydroxylation is 1. The van der Waals surface area contributed by atoms with Crippen molar-refractivity contribution >= 4 is 22.8 Å². The van der Waals surface area contributed by atoms with Crippen molar-refractivity contribution in [2.75, 3.05) is 19.7 Å². The number of hydrogen-bond donors (Lipinski definition) is 3. The molecule has 1 saturated heterocycles. The van der Waals surface area contributed by atoms with Crippen LogP contribution in [0.5, 0.6) is 0 Å². The maximum Gasteiger partial charge on any atom is 0.242 e. The Bertz CT molecular complexity index is 679. The van der Waals surface area contributed by atoms with Gasteiger partial charge < -0.3 is 20.3 Å². The molecule has 1 aliphatic rings. The Kier molecular flexibility index (Phi) is 4.57. The summed E-state index contributed by atoms with van der Waals surface area (Å²) in [7, 11) is 0. The molecule has 0 saturated carbocycles. The minimum atomic E-state index is -0.572. The van der Waals surface area contributed by atoms with E-state index in [-0.39, 0.29) is 31.3 Å². The molecule has 0 radical (unpaired) electrons. The number of hydrogen-bond acceptors (Lipinski definition) is 4. The number of benzene rings is 1. The van der Waals surface area contributed by atoms with E-state index in [9.17, 15) is 9.59 Å². The molecule has 1 aliphatic heterocycles. The summed E-state index contributed by atoms with van der Waals surface area (Å²) in [5.74, 6) is 0.487. The van der Waals surface area contributed by atoms with Crippen molar-refractivity contribution in [3.05, 3.63) is 30.1 Å². The quantitative estimate of drug-likeness (QED) is 0.734. The molecule has 0 bridgehead atoms. The first kappa shape index (κ1) is 15.5. The van der Waals surface area contributed by atoms with Gasteiger partial charge in [0.25, 0.3) is 0 Å². The van der Waals surface area contributed by atoms with Gasteiger partial charge in [-0.1, -0.05) is 12.1 Å². The molecule has 2 amide bonds. The zero-order valence-corrected chi connectivity index (χ0v) is 12.8. The normalized spacial score (nSPS) is 18.2. The summed E-state index contributed by atoms with van der Waals surface area (Å²) in [5.41, 5.74) is 1.83. The lowest BCUT2D eigenvalue weighted by Crippen LogP contribution is -2.57. The molecule has 0 aliphatic carbocycles. The molecule has 1 aromatic carbocycles. The summed E-state index contributed by atoms with van der Waals surface area (Å²) in [6.07, 6.45) is 1.05. The smallest absolute Gasteiger partial charge is 0.242 e. The number of imidazole rings is 1. The highest BCUT2D eigenvalue weighted by Gasteiger charge is 2.32. The molecule has 7 heteroatoms. The second-order valence-corrected chi connectivity index (χ2v) is 5.61. The molecule has 23 heavy (non-hydrogen) atoms. The average Bonchev–Trinajstić information content (AvgIpc) is 2.97. The van der Waals surface area contributed by atoms with Crippen LogP contribution in [0.4, 0.5) is 0 Å². The summed E-state index contributed by atoms with van der Waals surface area (Å²) in [4.78, 5) is 33.5. The molecular weight excluding hydrogens is 296 g/mol. The molecule has 1 aromatic heterocycles. The zero-order valence-electron chi connectivity index (χ0n) is 12.8. The Hall–Kier alpha value is -2.41. The SMILES string of the molecule is O=C1NCCN(C(=O)CCc2nc3ccccc3[nH]2)[C@@H]1CCO. The van der Waals surface area contributed by atoms with Crippen LogP contribution >= 0.6 is 0 Å². The van der Waals surface area contributed by atoms with E-state index in [1.807, 2.05) is 24.3 Å². The van der Waals surface area contributed by atoms with Gasteiger partial charge in [-0.25, -0.2) is 4.98 Å². The van der Waals surface area contributed by atoms with Gasteiger partial charge in [-0.3, -0.25) is 9.59 Å². The van der Waals surface area contributed by atoms with E-state index in [1.54, 1.807) is 4.90 Å². The molecule has 0 unspecified atom stereocenters. The number of aliphatic hydroxyl groups excluding tert-OH is 1. The minimum absolute atomic E-state index is 0.0845. The van der Waals surface area contributed by atoms with Crippen molar-refractivity contribution in [1.82, 2.24) is 20.2 Å². The van der Waals surface area contributed by atoms with Gasteiger partial charge in [0, 0.05) is 32.5 Å². The van der Waals surface area contributed by atoms with Crippen molar-refractivity contribution in [1.29, 1.82) is 0 Å².